The zero-order valence-corrected chi connectivity index (χ0v) is 25.2. The van der Waals surface area contributed by atoms with Crippen LogP contribution in [-0.4, -0.2) is 18.7 Å². The summed E-state index contributed by atoms with van der Waals surface area (Å²) in [6.45, 7) is 3.52. The molecule has 0 saturated heterocycles. The maximum atomic E-state index is 12.3. The van der Waals surface area contributed by atoms with Gasteiger partial charge in [-0.15, -0.1) is 0 Å². The normalized spacial score (nSPS) is 11.2. The topological polar surface area (TPSA) is 46.6 Å². The summed E-state index contributed by atoms with van der Waals surface area (Å²) in [6.07, 6.45) is 8.14. The van der Waals surface area contributed by atoms with Gasteiger partial charge in [0.1, 0.15) is 11.5 Å². The smallest absolute Gasteiger partial charge is 0.170 e. The van der Waals surface area contributed by atoms with Crippen molar-refractivity contribution in [3.8, 4) is 5.75 Å². The molecule has 0 bridgehead atoms. The van der Waals surface area contributed by atoms with Crippen LogP contribution < -0.4 is 9.64 Å². The third kappa shape index (κ3) is 7.87. The molecule has 0 amide bonds. The van der Waals surface area contributed by atoms with Crippen LogP contribution in [0.15, 0.2) is 121 Å². The molecule has 5 aromatic carbocycles. The number of aryl methyl sites for hydroxylation is 1. The van der Waals surface area contributed by atoms with Crippen molar-refractivity contribution in [1.82, 2.24) is 0 Å². The summed E-state index contributed by atoms with van der Waals surface area (Å²) < 4.78 is 5.25. The number of methoxy groups -OCH3 is 1. The van der Waals surface area contributed by atoms with Gasteiger partial charge in [0.25, 0.3) is 0 Å². The van der Waals surface area contributed by atoms with Gasteiger partial charge in [0.15, 0.2) is 5.78 Å². The summed E-state index contributed by atoms with van der Waals surface area (Å²) in [5.74, 6) is 0.555. The van der Waals surface area contributed by atoms with E-state index in [1.807, 2.05) is 54.6 Å². The molecule has 0 radical (unpaired) electrons. The van der Waals surface area contributed by atoms with Crippen LogP contribution in [0.5, 0.6) is 5.75 Å². The molecule has 44 heavy (non-hydrogen) atoms. The first-order valence-corrected chi connectivity index (χ1v) is 14.6. The molecule has 5 aromatic rings. The van der Waals surface area contributed by atoms with Gasteiger partial charge in [-0.1, -0.05) is 96.6 Å². The minimum atomic E-state index is -0.158. The molecule has 0 unspecified atom stereocenters. The van der Waals surface area contributed by atoms with Gasteiger partial charge in [-0.25, -0.2) is 0 Å². The molecule has 0 heterocycles. The Kier molecular flexibility index (Phi) is 9.63. The molecule has 4 heteroatoms. The van der Waals surface area contributed by atoms with E-state index in [2.05, 4.69) is 96.8 Å². The zero-order chi connectivity index (χ0) is 30.9. The average Bonchev–Trinajstić information content (AvgIpc) is 3.05. The molecule has 218 valence electrons. The van der Waals surface area contributed by atoms with E-state index in [-0.39, 0.29) is 18.0 Å². The highest BCUT2D eigenvalue weighted by molar-refractivity contribution is 6.07. The summed E-state index contributed by atoms with van der Waals surface area (Å²) in [4.78, 5) is 25.9. The number of nitrogens with zero attached hydrogens (tertiary/aromatic N) is 1. The Hall–Kier alpha value is -5.48. The maximum Gasteiger partial charge on any atom is 0.170 e. The second kappa shape index (κ2) is 14.1. The number of anilines is 3. The van der Waals surface area contributed by atoms with E-state index in [0.717, 1.165) is 45.1 Å². The minimum Gasteiger partial charge on any atom is -0.497 e. The van der Waals surface area contributed by atoms with Crippen LogP contribution >= 0.6 is 0 Å². The largest absolute Gasteiger partial charge is 0.497 e. The van der Waals surface area contributed by atoms with Gasteiger partial charge in [0, 0.05) is 22.6 Å². The average molecular weight is 578 g/mol. The second-order valence-corrected chi connectivity index (χ2v) is 10.7. The Bertz CT molecular complexity index is 1780. The van der Waals surface area contributed by atoms with E-state index in [1.165, 1.54) is 12.5 Å². The molecule has 0 aliphatic heterocycles. The number of ether oxygens (including phenoxy) is 1. The van der Waals surface area contributed by atoms with Gasteiger partial charge < -0.3 is 9.64 Å². The van der Waals surface area contributed by atoms with Crippen molar-refractivity contribution in [3.05, 3.63) is 155 Å². The number of benzene rings is 5. The lowest BCUT2D eigenvalue weighted by atomic mass is 10.0. The van der Waals surface area contributed by atoms with Crippen molar-refractivity contribution in [2.75, 3.05) is 12.0 Å². The van der Waals surface area contributed by atoms with E-state index in [9.17, 15) is 9.59 Å². The number of rotatable bonds is 11. The standard InChI is InChI=1S/C40H35NO3/c1-29-7-19-36(20-8-29)41(37-21-13-31(14-22-37)9-10-33-17-25-39(44-3)26-18-33)38-23-15-32(16-24-38)11-12-34-5-4-6-35(28-34)40(43)27-30(2)42/h4-26,28H,27H2,1-3H3/b10-9+,12-11+. The number of hydrogen-bond donors (Lipinski definition) is 0. The molecular formula is C40H35NO3. The fourth-order valence-corrected chi connectivity index (χ4v) is 4.85. The third-order valence-corrected chi connectivity index (χ3v) is 7.27. The fourth-order valence-electron chi connectivity index (χ4n) is 4.85. The number of carbonyl (C=O) groups is 2. The number of carbonyl (C=O) groups excluding carboxylic acids is 2. The highest BCUT2D eigenvalue weighted by Gasteiger charge is 2.12. The summed E-state index contributed by atoms with van der Waals surface area (Å²) in [5.41, 5.74) is 9.11. The Labute approximate surface area is 259 Å². The van der Waals surface area contributed by atoms with Crippen molar-refractivity contribution >= 4 is 52.9 Å². The first kappa shape index (κ1) is 30.0. The van der Waals surface area contributed by atoms with Gasteiger partial charge in [-0.2, -0.15) is 0 Å². The van der Waals surface area contributed by atoms with Gasteiger partial charge in [-0.3, -0.25) is 9.59 Å². The van der Waals surface area contributed by atoms with Gasteiger partial charge in [0.05, 0.1) is 13.5 Å². The van der Waals surface area contributed by atoms with Gasteiger partial charge in [0.2, 0.25) is 0 Å². The summed E-state index contributed by atoms with van der Waals surface area (Å²) in [5, 5.41) is 0. The van der Waals surface area contributed by atoms with Crippen LogP contribution in [0.1, 0.15) is 51.5 Å². The Morgan fingerprint density at radius 3 is 1.55 bits per heavy atom. The lowest BCUT2D eigenvalue weighted by Crippen LogP contribution is -2.09. The van der Waals surface area contributed by atoms with Crippen molar-refractivity contribution < 1.29 is 14.3 Å². The zero-order valence-electron chi connectivity index (χ0n) is 25.2. The predicted molar refractivity (Wildman–Crippen MR) is 183 cm³/mol. The Balaban J connectivity index is 1.36. The summed E-state index contributed by atoms with van der Waals surface area (Å²) in [6, 6.07) is 40.8. The monoisotopic (exact) mass is 577 g/mol. The van der Waals surface area contributed by atoms with Crippen molar-refractivity contribution in [3.63, 3.8) is 0 Å². The molecule has 0 aromatic heterocycles. The van der Waals surface area contributed by atoms with Crippen molar-refractivity contribution in [2.45, 2.75) is 20.3 Å². The first-order chi connectivity index (χ1) is 21.4. The van der Waals surface area contributed by atoms with Crippen LogP contribution in [0.2, 0.25) is 0 Å². The van der Waals surface area contributed by atoms with Gasteiger partial charge >= 0.3 is 0 Å². The molecule has 4 nitrogen and oxygen atoms in total. The number of ketones is 2. The molecule has 0 atom stereocenters. The quantitative estimate of drug-likeness (QED) is 0.0890. The SMILES string of the molecule is COc1ccc(/C=C/c2ccc(N(c3ccc(C)cc3)c3ccc(/C=C/c4cccc(C(=O)CC(C)=O)c4)cc3)cc2)cc1. The molecule has 0 N–H and O–H groups in total. The van der Waals surface area contributed by atoms with E-state index in [1.54, 1.807) is 13.2 Å². The second-order valence-electron chi connectivity index (χ2n) is 10.7. The van der Waals surface area contributed by atoms with E-state index in [4.69, 9.17) is 4.74 Å². The molecule has 0 aliphatic rings. The van der Waals surface area contributed by atoms with E-state index < -0.39 is 0 Å². The van der Waals surface area contributed by atoms with Crippen LogP contribution in [0.4, 0.5) is 17.1 Å². The number of hydrogen-bond acceptors (Lipinski definition) is 4. The lowest BCUT2D eigenvalue weighted by molar-refractivity contribution is -0.116. The molecule has 0 aliphatic carbocycles. The Morgan fingerprint density at radius 1 is 0.614 bits per heavy atom. The molecule has 0 saturated carbocycles. The van der Waals surface area contributed by atoms with Crippen molar-refractivity contribution in [2.24, 2.45) is 0 Å². The fraction of sp³-hybridized carbons (Fsp3) is 0.100. The molecule has 0 spiro atoms. The predicted octanol–water partition coefficient (Wildman–Crippen LogP) is 9.98. The Morgan fingerprint density at radius 2 is 1.07 bits per heavy atom. The highest BCUT2D eigenvalue weighted by atomic mass is 16.5. The van der Waals surface area contributed by atoms with Crippen LogP contribution in [0.25, 0.3) is 24.3 Å². The number of Topliss-reactive ketones (excluding diaryl/α,β-unsaturated/α-hetero) is 2. The van der Waals surface area contributed by atoms with Crippen LogP contribution in [-0.2, 0) is 4.79 Å². The van der Waals surface area contributed by atoms with Gasteiger partial charge in [-0.05, 0) is 90.7 Å². The van der Waals surface area contributed by atoms with E-state index in [0.29, 0.717) is 5.56 Å². The lowest BCUT2D eigenvalue weighted by Gasteiger charge is -2.26. The summed E-state index contributed by atoms with van der Waals surface area (Å²) >= 11 is 0. The van der Waals surface area contributed by atoms with Crippen LogP contribution in [0, 0.1) is 6.92 Å². The van der Waals surface area contributed by atoms with E-state index >= 15 is 0 Å². The van der Waals surface area contributed by atoms with Crippen molar-refractivity contribution in [1.29, 1.82) is 0 Å². The molecular weight excluding hydrogens is 542 g/mol. The molecule has 0 fully saturated rings. The minimum absolute atomic E-state index is 0.0742. The van der Waals surface area contributed by atoms with Crippen LogP contribution in [0.3, 0.4) is 0 Å². The third-order valence-electron chi connectivity index (χ3n) is 7.27. The summed E-state index contributed by atoms with van der Waals surface area (Å²) in [7, 11) is 1.67. The first-order valence-electron chi connectivity index (χ1n) is 14.6. The molecule has 5 rings (SSSR count). The highest BCUT2D eigenvalue weighted by Crippen LogP contribution is 2.35. The maximum absolute atomic E-state index is 12.3.